The van der Waals surface area contributed by atoms with Gasteiger partial charge in [0.25, 0.3) is 17.8 Å². The highest BCUT2D eigenvalue weighted by Crippen LogP contribution is 2.21. The number of rotatable bonds is 24. The molecule has 0 aromatic carbocycles. The van der Waals surface area contributed by atoms with Crippen LogP contribution in [0, 0.1) is 0 Å². The summed E-state index contributed by atoms with van der Waals surface area (Å²) < 4.78 is 104. The van der Waals surface area contributed by atoms with Crippen molar-refractivity contribution in [3.8, 4) is 0 Å². The molecule has 0 rings (SSSR count). The second-order valence-corrected chi connectivity index (χ2v) is 8.52. The minimum absolute atomic E-state index is 0.285. The Labute approximate surface area is 206 Å². The molecule has 0 heterocycles. The van der Waals surface area contributed by atoms with E-state index in [1.807, 2.05) is 0 Å². The van der Waals surface area contributed by atoms with Gasteiger partial charge in [-0.3, -0.25) is 0 Å². The van der Waals surface area contributed by atoms with Crippen LogP contribution in [-0.2, 0) is 23.7 Å². The van der Waals surface area contributed by atoms with Crippen molar-refractivity contribution in [2.75, 3.05) is 66.3 Å². The summed E-state index contributed by atoms with van der Waals surface area (Å²) in [5.74, 6) is -11.1. The Morgan fingerprint density at radius 2 is 0.917 bits per heavy atom. The molecule has 218 valence electrons. The van der Waals surface area contributed by atoms with Crippen molar-refractivity contribution in [2.45, 2.75) is 68.7 Å². The monoisotopic (exact) mass is 548 g/mol. The van der Waals surface area contributed by atoms with E-state index in [1.165, 1.54) is 0 Å². The zero-order valence-electron chi connectivity index (χ0n) is 20.2. The fraction of sp³-hybridized carbons (Fsp3) is 1.00. The Morgan fingerprint density at radius 1 is 0.556 bits per heavy atom. The highest BCUT2D eigenvalue weighted by Gasteiger charge is 2.37. The summed E-state index contributed by atoms with van der Waals surface area (Å²) in [6.07, 6.45) is -0.705. The normalized spacial score (nSPS) is 15.8. The van der Waals surface area contributed by atoms with Crippen molar-refractivity contribution >= 4 is 0 Å². The molecule has 0 bridgehead atoms. The number of unbranched alkanes of at least 4 members (excludes halogenated alkanes) is 1. The van der Waals surface area contributed by atoms with Crippen LogP contribution in [0.2, 0.25) is 0 Å². The molecule has 0 aliphatic heterocycles. The van der Waals surface area contributed by atoms with Crippen LogP contribution in [0.5, 0.6) is 0 Å². The van der Waals surface area contributed by atoms with Crippen LogP contribution >= 0.6 is 0 Å². The molecule has 3 atom stereocenters. The first-order chi connectivity index (χ1) is 16.7. The molecule has 15 heteroatoms. The lowest BCUT2D eigenvalue weighted by Crippen LogP contribution is -2.38. The summed E-state index contributed by atoms with van der Waals surface area (Å²) >= 11 is 0. The third-order valence-electron chi connectivity index (χ3n) is 4.31. The predicted molar refractivity (Wildman–Crippen MR) is 113 cm³/mol. The molecule has 0 aromatic heterocycles. The molecule has 0 saturated heterocycles. The molecule has 0 amide bonds. The number of halogens is 6. The number of alkyl halides is 6. The lowest BCUT2D eigenvalue weighted by molar-refractivity contribution is -0.185. The minimum atomic E-state index is -3.83. The van der Waals surface area contributed by atoms with Gasteiger partial charge in [0.15, 0.2) is 0 Å². The van der Waals surface area contributed by atoms with Crippen molar-refractivity contribution in [3.63, 3.8) is 0 Å². The Bertz CT molecular complexity index is 544. The van der Waals surface area contributed by atoms with Gasteiger partial charge < -0.3 is 44.1 Å². The van der Waals surface area contributed by atoms with Crippen LogP contribution in [0.3, 0.4) is 0 Å². The Hall–Kier alpha value is -0.780. The fourth-order valence-corrected chi connectivity index (χ4v) is 2.65. The maximum absolute atomic E-state index is 13.7. The first-order valence-corrected chi connectivity index (χ1v) is 11.4. The van der Waals surface area contributed by atoms with Crippen LogP contribution < -0.4 is 0 Å². The summed E-state index contributed by atoms with van der Waals surface area (Å²) in [7, 11) is 0. The average Bonchev–Trinajstić information content (AvgIpc) is 2.74. The third-order valence-corrected chi connectivity index (χ3v) is 4.31. The van der Waals surface area contributed by atoms with Gasteiger partial charge in [0.2, 0.25) is 0 Å². The number of aliphatic hydroxyl groups excluding tert-OH is 4. The highest BCUT2D eigenvalue weighted by molar-refractivity contribution is 4.71. The van der Waals surface area contributed by atoms with Crippen LogP contribution in [0.4, 0.5) is 26.3 Å². The van der Waals surface area contributed by atoms with E-state index < -0.39 is 89.1 Å². The minimum Gasteiger partial charge on any atom is -0.393 e. The molecule has 0 aliphatic rings. The number of hydrogen-bond acceptors (Lipinski definition) is 9. The Morgan fingerprint density at radius 3 is 1.33 bits per heavy atom. The van der Waals surface area contributed by atoms with Crippen molar-refractivity contribution in [2.24, 2.45) is 0 Å². The van der Waals surface area contributed by atoms with Gasteiger partial charge in [0.1, 0.15) is 52.5 Å². The SMILES string of the molecule is CC(O)CCCCC(O)COCC(F)(F)COCC(F)(F)COCC(F)(F)COCC(O)COCO. The predicted octanol–water partition coefficient (Wildman–Crippen LogP) is 1.59. The van der Waals surface area contributed by atoms with Gasteiger partial charge in [0, 0.05) is 0 Å². The molecular weight excluding hydrogens is 510 g/mol. The van der Waals surface area contributed by atoms with Crippen molar-refractivity contribution in [1.82, 2.24) is 0 Å². The summed E-state index contributed by atoms with van der Waals surface area (Å²) in [4.78, 5) is 0. The lowest BCUT2D eigenvalue weighted by atomic mass is 10.1. The molecule has 3 unspecified atom stereocenters. The van der Waals surface area contributed by atoms with Gasteiger partial charge in [-0.1, -0.05) is 12.8 Å². The van der Waals surface area contributed by atoms with E-state index >= 15 is 0 Å². The quantitative estimate of drug-likeness (QED) is 0.0808. The Balaban J connectivity index is 4.05. The van der Waals surface area contributed by atoms with Gasteiger partial charge in [-0.2, -0.15) is 0 Å². The molecule has 0 saturated carbocycles. The van der Waals surface area contributed by atoms with Gasteiger partial charge in [-0.15, -0.1) is 0 Å². The van der Waals surface area contributed by atoms with E-state index in [1.54, 1.807) is 6.92 Å². The first-order valence-electron chi connectivity index (χ1n) is 11.4. The highest BCUT2D eigenvalue weighted by atomic mass is 19.3. The molecule has 0 fully saturated rings. The lowest BCUT2D eigenvalue weighted by Gasteiger charge is -2.22. The smallest absolute Gasteiger partial charge is 0.293 e. The second-order valence-electron chi connectivity index (χ2n) is 8.52. The number of aliphatic hydroxyl groups is 4. The van der Waals surface area contributed by atoms with E-state index in [4.69, 9.17) is 14.9 Å². The molecule has 0 aromatic rings. The molecule has 0 aliphatic carbocycles. The van der Waals surface area contributed by atoms with Gasteiger partial charge in [-0.25, -0.2) is 26.3 Å². The van der Waals surface area contributed by atoms with Gasteiger partial charge in [-0.05, 0) is 19.8 Å². The zero-order chi connectivity index (χ0) is 27.7. The summed E-state index contributed by atoms with van der Waals surface area (Å²) in [5.41, 5.74) is 0. The van der Waals surface area contributed by atoms with E-state index in [0.29, 0.717) is 19.3 Å². The maximum atomic E-state index is 13.7. The molecule has 9 nitrogen and oxygen atoms in total. The zero-order valence-corrected chi connectivity index (χ0v) is 20.2. The topological polar surface area (TPSA) is 127 Å². The van der Waals surface area contributed by atoms with E-state index in [2.05, 4.69) is 18.9 Å². The molecule has 0 spiro atoms. The van der Waals surface area contributed by atoms with Crippen LogP contribution in [-0.4, -0.2) is 123 Å². The molecular formula is C21H38F6O9. The molecule has 4 N–H and O–H groups in total. The standard InChI is InChI=1S/C21H38F6O9/c1-16(29)4-2-3-5-17(30)6-32-9-19(22,23)11-35-13-21(26,27)14-36-12-20(24,25)10-33-7-18(31)8-34-15-28/h16-18,28-31H,2-15H2,1H3. The average molecular weight is 549 g/mol. The van der Waals surface area contributed by atoms with Crippen LogP contribution in [0.25, 0.3) is 0 Å². The number of hydrogen-bond donors (Lipinski definition) is 4. The maximum Gasteiger partial charge on any atom is 0.293 e. The van der Waals surface area contributed by atoms with Gasteiger partial charge >= 0.3 is 0 Å². The molecule has 36 heavy (non-hydrogen) atoms. The van der Waals surface area contributed by atoms with Crippen LogP contribution in [0.1, 0.15) is 32.6 Å². The molecule has 0 radical (unpaired) electrons. The van der Waals surface area contributed by atoms with Crippen molar-refractivity contribution < 1.29 is 70.5 Å². The second kappa shape index (κ2) is 18.5. The summed E-state index contributed by atoms with van der Waals surface area (Å²) in [5, 5.41) is 36.5. The summed E-state index contributed by atoms with van der Waals surface area (Å²) in [6.45, 7) is -8.66. The first kappa shape index (κ1) is 35.2. The summed E-state index contributed by atoms with van der Waals surface area (Å²) in [6, 6.07) is 0. The van der Waals surface area contributed by atoms with E-state index in [9.17, 15) is 36.6 Å². The van der Waals surface area contributed by atoms with Crippen molar-refractivity contribution in [1.29, 1.82) is 0 Å². The number of ether oxygens (including phenoxy) is 5. The van der Waals surface area contributed by atoms with Crippen LogP contribution in [0.15, 0.2) is 0 Å². The van der Waals surface area contributed by atoms with E-state index in [0.717, 1.165) is 0 Å². The van der Waals surface area contributed by atoms with Crippen molar-refractivity contribution in [3.05, 3.63) is 0 Å². The fourth-order valence-electron chi connectivity index (χ4n) is 2.65. The van der Waals surface area contributed by atoms with E-state index in [-0.39, 0.29) is 19.6 Å². The largest absolute Gasteiger partial charge is 0.393 e. The Kier molecular flexibility index (Phi) is 18.1. The third kappa shape index (κ3) is 21.3. The van der Waals surface area contributed by atoms with Gasteiger partial charge in [0.05, 0.1) is 32.0 Å².